The molecule has 2 rings (SSSR count). The molecule has 0 bridgehead atoms. The van der Waals surface area contributed by atoms with Crippen LogP contribution in [0.25, 0.3) is 0 Å². The fraction of sp³-hybridized carbons (Fsp3) is 0.429. The van der Waals surface area contributed by atoms with Gasteiger partial charge in [0.05, 0.1) is 5.69 Å². The van der Waals surface area contributed by atoms with Crippen molar-refractivity contribution in [3.8, 4) is 0 Å². The van der Waals surface area contributed by atoms with Gasteiger partial charge in [0.15, 0.2) is 10.9 Å². The Morgan fingerprint density at radius 1 is 1.75 bits per heavy atom. The van der Waals surface area contributed by atoms with Crippen molar-refractivity contribution in [2.45, 2.75) is 18.6 Å². The van der Waals surface area contributed by atoms with E-state index >= 15 is 0 Å². The van der Waals surface area contributed by atoms with Gasteiger partial charge in [0.25, 0.3) is 0 Å². The molecule has 0 aliphatic carbocycles. The Morgan fingerprint density at radius 2 is 2.50 bits per heavy atom. The summed E-state index contributed by atoms with van der Waals surface area (Å²) >= 11 is 1.61. The Balaban J connectivity index is 2.59. The van der Waals surface area contributed by atoms with E-state index in [4.69, 9.17) is 5.11 Å². The minimum Gasteiger partial charge on any atom is -0.477 e. The molecule has 0 fully saturated rings. The third kappa shape index (κ3) is 0.929. The number of hydrogen-bond acceptors (Lipinski definition) is 3. The molecule has 0 aromatic carbocycles. The zero-order chi connectivity index (χ0) is 8.72. The molecule has 1 aromatic rings. The van der Waals surface area contributed by atoms with Gasteiger partial charge in [-0.15, -0.1) is 0 Å². The maximum Gasteiger partial charge on any atom is 0.354 e. The predicted octanol–water partition coefficient (Wildman–Crippen LogP) is 0.995. The molecule has 0 atom stereocenters. The van der Waals surface area contributed by atoms with Gasteiger partial charge in [-0.25, -0.2) is 9.78 Å². The van der Waals surface area contributed by atoms with Gasteiger partial charge < -0.3 is 9.67 Å². The second-order valence-corrected chi connectivity index (χ2v) is 3.70. The molecule has 0 radical (unpaired) electrons. The van der Waals surface area contributed by atoms with Crippen LogP contribution in [0.5, 0.6) is 0 Å². The number of thioether (sulfide) groups is 1. The normalized spacial score (nSPS) is 14.8. The molecular formula is C7H8N2O2S. The first-order valence-electron chi connectivity index (χ1n) is 3.63. The summed E-state index contributed by atoms with van der Waals surface area (Å²) in [6.07, 6.45) is 0. The zero-order valence-electron chi connectivity index (χ0n) is 6.57. The molecule has 5 heteroatoms. The van der Waals surface area contributed by atoms with Crippen LogP contribution in [0, 0.1) is 6.92 Å². The van der Waals surface area contributed by atoms with Crippen LogP contribution in [-0.4, -0.2) is 26.4 Å². The predicted molar refractivity (Wildman–Crippen MR) is 44.6 cm³/mol. The third-order valence-corrected chi connectivity index (χ3v) is 2.81. The lowest BCUT2D eigenvalue weighted by molar-refractivity contribution is 0.0684. The van der Waals surface area contributed by atoms with Crippen LogP contribution >= 0.6 is 11.8 Å². The minimum absolute atomic E-state index is 0.343. The molecule has 1 aliphatic heterocycles. The van der Waals surface area contributed by atoms with Gasteiger partial charge >= 0.3 is 5.97 Å². The Bertz CT molecular complexity index is 345. The van der Waals surface area contributed by atoms with Crippen molar-refractivity contribution in [3.63, 3.8) is 0 Å². The van der Waals surface area contributed by atoms with Gasteiger partial charge in [0.1, 0.15) is 0 Å². The summed E-state index contributed by atoms with van der Waals surface area (Å²) in [7, 11) is 0. The monoisotopic (exact) mass is 184 g/mol. The number of aromatic carboxylic acids is 1. The highest BCUT2D eigenvalue weighted by Crippen LogP contribution is 2.27. The third-order valence-electron chi connectivity index (χ3n) is 1.86. The van der Waals surface area contributed by atoms with E-state index in [0.29, 0.717) is 11.4 Å². The summed E-state index contributed by atoms with van der Waals surface area (Å²) in [5.74, 6) is 0.0526. The lowest BCUT2D eigenvalue weighted by Crippen LogP contribution is -2.08. The van der Waals surface area contributed by atoms with E-state index in [1.54, 1.807) is 23.3 Å². The minimum atomic E-state index is -0.881. The molecule has 0 spiro atoms. The van der Waals surface area contributed by atoms with E-state index in [-0.39, 0.29) is 0 Å². The smallest absolute Gasteiger partial charge is 0.354 e. The molecule has 0 saturated heterocycles. The highest BCUT2D eigenvalue weighted by atomic mass is 32.2. The van der Waals surface area contributed by atoms with E-state index in [0.717, 1.165) is 17.5 Å². The number of hydrogen-bond donors (Lipinski definition) is 1. The number of carbonyl (C=O) groups is 1. The highest BCUT2D eigenvalue weighted by molar-refractivity contribution is 7.99. The van der Waals surface area contributed by atoms with Crippen LogP contribution in [0.2, 0.25) is 0 Å². The van der Waals surface area contributed by atoms with Crippen molar-refractivity contribution in [2.75, 3.05) is 5.75 Å². The molecule has 1 aromatic heterocycles. The van der Waals surface area contributed by atoms with Crippen molar-refractivity contribution in [1.29, 1.82) is 0 Å². The molecule has 0 saturated carbocycles. The van der Waals surface area contributed by atoms with Gasteiger partial charge in [0.2, 0.25) is 0 Å². The largest absolute Gasteiger partial charge is 0.477 e. The van der Waals surface area contributed by atoms with Crippen LogP contribution in [0.4, 0.5) is 0 Å². The van der Waals surface area contributed by atoms with Crippen LogP contribution in [0.3, 0.4) is 0 Å². The van der Waals surface area contributed by atoms with Crippen LogP contribution in [0.15, 0.2) is 5.16 Å². The lowest BCUT2D eigenvalue weighted by atomic mass is 10.3. The van der Waals surface area contributed by atoms with E-state index in [1.807, 2.05) is 0 Å². The topological polar surface area (TPSA) is 55.1 Å². The molecule has 1 N–H and O–H groups in total. The average Bonchev–Trinajstić information content (AvgIpc) is 2.44. The number of carboxylic acid groups (broad SMARTS) is 1. The van der Waals surface area contributed by atoms with E-state index in [9.17, 15) is 4.79 Å². The molecular weight excluding hydrogens is 176 g/mol. The van der Waals surface area contributed by atoms with Crippen molar-refractivity contribution in [3.05, 3.63) is 11.4 Å². The first-order chi connectivity index (χ1) is 5.70. The molecule has 64 valence electrons. The van der Waals surface area contributed by atoms with Crippen molar-refractivity contribution in [1.82, 2.24) is 9.55 Å². The van der Waals surface area contributed by atoms with Gasteiger partial charge in [0, 0.05) is 12.3 Å². The van der Waals surface area contributed by atoms with Crippen molar-refractivity contribution in [2.24, 2.45) is 0 Å². The Hall–Kier alpha value is -0.970. The number of aryl methyl sites for hydroxylation is 1. The maximum absolute atomic E-state index is 10.8. The maximum atomic E-state index is 10.8. The summed E-state index contributed by atoms with van der Waals surface area (Å²) in [5, 5.41) is 9.69. The molecule has 2 heterocycles. The fourth-order valence-corrected chi connectivity index (χ4v) is 2.36. The van der Waals surface area contributed by atoms with Crippen molar-refractivity contribution >= 4 is 17.7 Å². The van der Waals surface area contributed by atoms with Gasteiger partial charge in [-0.2, -0.15) is 0 Å². The highest BCUT2D eigenvalue weighted by Gasteiger charge is 2.23. The number of carboxylic acids is 1. The summed E-state index contributed by atoms with van der Waals surface area (Å²) in [6, 6.07) is 0. The summed E-state index contributed by atoms with van der Waals surface area (Å²) in [4.78, 5) is 14.9. The van der Waals surface area contributed by atoms with Crippen LogP contribution in [-0.2, 0) is 6.54 Å². The number of nitrogens with zero attached hydrogens (tertiary/aromatic N) is 2. The second kappa shape index (κ2) is 2.52. The number of rotatable bonds is 1. The van der Waals surface area contributed by atoms with Crippen molar-refractivity contribution < 1.29 is 9.90 Å². The molecule has 12 heavy (non-hydrogen) atoms. The molecule has 0 unspecified atom stereocenters. The van der Waals surface area contributed by atoms with Gasteiger partial charge in [-0.3, -0.25) is 0 Å². The molecule has 1 aliphatic rings. The average molecular weight is 184 g/mol. The Labute approximate surface area is 73.6 Å². The van der Waals surface area contributed by atoms with Crippen LogP contribution in [0.1, 0.15) is 16.2 Å². The van der Waals surface area contributed by atoms with E-state index in [1.165, 1.54) is 0 Å². The molecule has 0 amide bonds. The first-order valence-corrected chi connectivity index (χ1v) is 4.62. The van der Waals surface area contributed by atoms with Gasteiger partial charge in [-0.05, 0) is 6.92 Å². The summed E-state index contributed by atoms with van der Waals surface area (Å²) in [6.45, 7) is 2.50. The van der Waals surface area contributed by atoms with E-state index in [2.05, 4.69) is 4.98 Å². The van der Waals surface area contributed by atoms with E-state index < -0.39 is 5.97 Å². The summed E-state index contributed by atoms with van der Waals surface area (Å²) in [5.41, 5.74) is 0.958. The standard InChI is InChI=1S/C7H8N2O2S/c1-4-5(6(10)11)9-2-3-12-7(9)8-4/h2-3H2,1H3,(H,10,11). The molecule has 4 nitrogen and oxygen atoms in total. The number of aromatic nitrogens is 2. The SMILES string of the molecule is Cc1nc2n(c1C(=O)O)CCS2. The number of imidazole rings is 1. The second-order valence-electron chi connectivity index (χ2n) is 2.63. The lowest BCUT2D eigenvalue weighted by Gasteiger charge is -1.98. The van der Waals surface area contributed by atoms with Crippen LogP contribution < -0.4 is 0 Å². The quantitative estimate of drug-likeness (QED) is 0.707. The summed E-state index contributed by atoms with van der Waals surface area (Å²) < 4.78 is 1.77. The van der Waals surface area contributed by atoms with Gasteiger partial charge in [-0.1, -0.05) is 11.8 Å². The first kappa shape index (κ1) is 7.67. The fourth-order valence-electron chi connectivity index (χ4n) is 1.36. The zero-order valence-corrected chi connectivity index (χ0v) is 7.39. The number of fused-ring (bicyclic) bond motifs is 1. The Morgan fingerprint density at radius 3 is 3.17 bits per heavy atom. The Kier molecular flexibility index (Phi) is 1.61.